The van der Waals surface area contributed by atoms with E-state index < -0.39 is 0 Å². The number of carbonyl (C=O) groups excluding carboxylic acids is 1. The van der Waals surface area contributed by atoms with E-state index in [1.807, 2.05) is 11.8 Å². The average molecular weight is 296 g/mol. The molecule has 0 aliphatic carbocycles. The first-order valence-electron chi connectivity index (χ1n) is 7.52. The van der Waals surface area contributed by atoms with Gasteiger partial charge in [-0.3, -0.25) is 4.79 Å². The molecule has 1 aliphatic rings. The first-order valence-corrected chi connectivity index (χ1v) is 7.52. The Bertz CT molecular complexity index is 678. The Balaban J connectivity index is 1.67. The van der Waals surface area contributed by atoms with Crippen molar-refractivity contribution < 1.29 is 4.79 Å². The molecule has 0 atom stereocenters. The molecule has 114 valence electrons. The smallest absolute Gasteiger partial charge is 0.257 e. The van der Waals surface area contributed by atoms with Crippen molar-refractivity contribution in [1.29, 1.82) is 0 Å². The summed E-state index contributed by atoms with van der Waals surface area (Å²) in [4.78, 5) is 24.8. The zero-order valence-electron chi connectivity index (χ0n) is 13.0. The normalized spacial score (nSPS) is 15.0. The number of benzene rings is 1. The lowest BCUT2D eigenvalue weighted by molar-refractivity contribution is 0.0745. The maximum Gasteiger partial charge on any atom is 0.257 e. The summed E-state index contributed by atoms with van der Waals surface area (Å²) in [5, 5.41) is 0. The Labute approximate surface area is 130 Å². The highest BCUT2D eigenvalue weighted by Crippen LogP contribution is 2.18. The Kier molecular flexibility index (Phi) is 4.04. The summed E-state index contributed by atoms with van der Waals surface area (Å²) in [7, 11) is 0. The molecule has 0 saturated carbocycles. The molecule has 1 fully saturated rings. The lowest BCUT2D eigenvalue weighted by atomic mass is 10.1. The van der Waals surface area contributed by atoms with Crippen molar-refractivity contribution >= 4 is 11.6 Å². The van der Waals surface area contributed by atoms with E-state index >= 15 is 0 Å². The molecule has 1 aliphatic heterocycles. The SMILES string of the molecule is Cc1cccc(N2CCN(C(=O)c3cncnc3C)CC2)c1. The highest BCUT2D eigenvalue weighted by atomic mass is 16.2. The number of nitrogens with zero attached hydrogens (tertiary/aromatic N) is 4. The van der Waals surface area contributed by atoms with E-state index in [4.69, 9.17) is 0 Å². The summed E-state index contributed by atoms with van der Waals surface area (Å²) in [5.41, 5.74) is 3.83. The number of hydrogen-bond acceptors (Lipinski definition) is 4. The van der Waals surface area contributed by atoms with Crippen molar-refractivity contribution in [3.8, 4) is 0 Å². The Morgan fingerprint density at radius 1 is 1.14 bits per heavy atom. The van der Waals surface area contributed by atoms with Crippen molar-refractivity contribution in [2.24, 2.45) is 0 Å². The van der Waals surface area contributed by atoms with Gasteiger partial charge in [0.15, 0.2) is 0 Å². The summed E-state index contributed by atoms with van der Waals surface area (Å²) >= 11 is 0. The molecular weight excluding hydrogens is 276 g/mol. The molecule has 1 saturated heterocycles. The summed E-state index contributed by atoms with van der Waals surface area (Å²) in [6.45, 7) is 7.09. The molecule has 0 spiro atoms. The minimum absolute atomic E-state index is 0.0296. The van der Waals surface area contributed by atoms with Crippen LogP contribution in [0.15, 0.2) is 36.8 Å². The van der Waals surface area contributed by atoms with Crippen LogP contribution in [0.5, 0.6) is 0 Å². The van der Waals surface area contributed by atoms with E-state index in [0.717, 1.165) is 31.9 Å². The van der Waals surface area contributed by atoms with Crippen molar-refractivity contribution in [3.05, 3.63) is 53.6 Å². The Hall–Kier alpha value is -2.43. The summed E-state index contributed by atoms with van der Waals surface area (Å²) in [6, 6.07) is 8.49. The van der Waals surface area contributed by atoms with Crippen LogP contribution < -0.4 is 4.90 Å². The minimum atomic E-state index is 0.0296. The summed E-state index contributed by atoms with van der Waals surface area (Å²) < 4.78 is 0. The van der Waals surface area contributed by atoms with Crippen LogP contribution in [0.1, 0.15) is 21.6 Å². The molecule has 0 N–H and O–H groups in total. The van der Waals surface area contributed by atoms with Crippen LogP contribution in [0.3, 0.4) is 0 Å². The molecule has 1 aromatic carbocycles. The third-order valence-electron chi connectivity index (χ3n) is 4.08. The highest BCUT2D eigenvalue weighted by molar-refractivity contribution is 5.95. The number of piperazine rings is 1. The molecule has 0 bridgehead atoms. The number of hydrogen-bond donors (Lipinski definition) is 0. The van der Waals surface area contributed by atoms with Crippen molar-refractivity contribution in [2.45, 2.75) is 13.8 Å². The van der Waals surface area contributed by atoms with Crippen LogP contribution in [0.2, 0.25) is 0 Å². The standard InChI is InChI=1S/C17H20N4O/c1-13-4-3-5-15(10-13)20-6-8-21(9-7-20)17(22)16-11-18-12-19-14(16)2/h3-5,10-12H,6-9H2,1-2H3. The lowest BCUT2D eigenvalue weighted by Crippen LogP contribution is -2.49. The van der Waals surface area contributed by atoms with Crippen LogP contribution in [-0.2, 0) is 0 Å². The van der Waals surface area contributed by atoms with E-state index in [-0.39, 0.29) is 5.91 Å². The van der Waals surface area contributed by atoms with E-state index in [0.29, 0.717) is 5.56 Å². The first kappa shape index (κ1) is 14.5. The van der Waals surface area contributed by atoms with Gasteiger partial charge in [-0.15, -0.1) is 0 Å². The topological polar surface area (TPSA) is 49.3 Å². The van der Waals surface area contributed by atoms with Crippen LogP contribution in [0.25, 0.3) is 0 Å². The second-order valence-corrected chi connectivity index (χ2v) is 5.64. The largest absolute Gasteiger partial charge is 0.368 e. The number of amides is 1. The van der Waals surface area contributed by atoms with Crippen molar-refractivity contribution in [2.75, 3.05) is 31.1 Å². The van der Waals surface area contributed by atoms with Gasteiger partial charge in [0.25, 0.3) is 5.91 Å². The molecule has 1 amide bonds. The molecule has 0 radical (unpaired) electrons. The van der Waals surface area contributed by atoms with Crippen molar-refractivity contribution in [3.63, 3.8) is 0 Å². The highest BCUT2D eigenvalue weighted by Gasteiger charge is 2.23. The fourth-order valence-electron chi connectivity index (χ4n) is 2.76. The van der Waals surface area contributed by atoms with Crippen LogP contribution in [0, 0.1) is 13.8 Å². The van der Waals surface area contributed by atoms with Gasteiger partial charge in [-0.1, -0.05) is 12.1 Å². The van der Waals surface area contributed by atoms with Crippen LogP contribution in [0.4, 0.5) is 5.69 Å². The summed E-state index contributed by atoms with van der Waals surface area (Å²) in [5.74, 6) is 0.0296. The van der Waals surface area contributed by atoms with Gasteiger partial charge in [-0.05, 0) is 31.5 Å². The van der Waals surface area contributed by atoms with E-state index in [1.165, 1.54) is 17.6 Å². The lowest BCUT2D eigenvalue weighted by Gasteiger charge is -2.36. The first-order chi connectivity index (χ1) is 10.6. The quantitative estimate of drug-likeness (QED) is 0.851. The van der Waals surface area contributed by atoms with Crippen LogP contribution >= 0.6 is 0 Å². The van der Waals surface area contributed by atoms with Gasteiger partial charge in [0.05, 0.1) is 11.3 Å². The molecular formula is C17H20N4O. The Morgan fingerprint density at radius 3 is 2.59 bits per heavy atom. The molecule has 22 heavy (non-hydrogen) atoms. The van der Waals surface area contributed by atoms with Gasteiger partial charge in [0.2, 0.25) is 0 Å². The molecule has 3 rings (SSSR count). The molecule has 5 nitrogen and oxygen atoms in total. The predicted octanol–water partition coefficient (Wildman–Crippen LogP) is 2.06. The molecule has 0 unspecified atom stereocenters. The van der Waals surface area contributed by atoms with Gasteiger partial charge in [0, 0.05) is 38.1 Å². The Morgan fingerprint density at radius 2 is 1.91 bits per heavy atom. The molecule has 1 aromatic heterocycles. The average Bonchev–Trinajstić information content (AvgIpc) is 2.55. The number of anilines is 1. The number of aryl methyl sites for hydroxylation is 2. The maximum atomic E-state index is 12.5. The van der Waals surface area contributed by atoms with Gasteiger partial charge < -0.3 is 9.80 Å². The van der Waals surface area contributed by atoms with E-state index in [2.05, 4.69) is 46.1 Å². The van der Waals surface area contributed by atoms with E-state index in [9.17, 15) is 4.79 Å². The minimum Gasteiger partial charge on any atom is -0.368 e. The molecule has 2 aromatic rings. The number of carbonyl (C=O) groups is 1. The van der Waals surface area contributed by atoms with Gasteiger partial charge in [0.1, 0.15) is 6.33 Å². The van der Waals surface area contributed by atoms with Gasteiger partial charge >= 0.3 is 0 Å². The number of aromatic nitrogens is 2. The zero-order chi connectivity index (χ0) is 15.5. The second-order valence-electron chi connectivity index (χ2n) is 5.64. The monoisotopic (exact) mass is 296 g/mol. The third-order valence-corrected chi connectivity index (χ3v) is 4.08. The van der Waals surface area contributed by atoms with Gasteiger partial charge in [-0.25, -0.2) is 9.97 Å². The maximum absolute atomic E-state index is 12.5. The van der Waals surface area contributed by atoms with Crippen molar-refractivity contribution in [1.82, 2.24) is 14.9 Å². The summed E-state index contributed by atoms with van der Waals surface area (Å²) in [6.07, 6.45) is 3.08. The fraction of sp³-hybridized carbons (Fsp3) is 0.353. The molecule has 5 heteroatoms. The van der Waals surface area contributed by atoms with Crippen LogP contribution in [-0.4, -0.2) is 47.0 Å². The zero-order valence-corrected chi connectivity index (χ0v) is 13.0. The number of rotatable bonds is 2. The fourth-order valence-corrected chi connectivity index (χ4v) is 2.76. The third kappa shape index (κ3) is 2.93. The molecule has 2 heterocycles. The van der Waals surface area contributed by atoms with Gasteiger partial charge in [-0.2, -0.15) is 0 Å². The second kappa shape index (κ2) is 6.13. The van der Waals surface area contributed by atoms with E-state index in [1.54, 1.807) is 6.20 Å². The predicted molar refractivity (Wildman–Crippen MR) is 86.1 cm³/mol.